The van der Waals surface area contributed by atoms with Crippen molar-refractivity contribution in [1.29, 1.82) is 10.5 Å². The van der Waals surface area contributed by atoms with Gasteiger partial charge in [0.05, 0.1) is 35.3 Å². The summed E-state index contributed by atoms with van der Waals surface area (Å²) in [4.78, 5) is 39.0. The maximum atomic E-state index is 13.0. The number of likely N-dealkylation sites (tertiary alicyclic amines) is 1. The average molecular weight is 488 g/mol. The lowest BCUT2D eigenvalue weighted by atomic mass is 10.0. The summed E-state index contributed by atoms with van der Waals surface area (Å²) in [7, 11) is 0. The van der Waals surface area contributed by atoms with Crippen LogP contribution >= 0.6 is 11.6 Å². The molecular formula is C23H18ClN9O2. The second kappa shape index (κ2) is 8.70. The first kappa shape index (κ1) is 22.3. The van der Waals surface area contributed by atoms with E-state index in [0.29, 0.717) is 46.2 Å². The number of rotatable bonds is 5. The predicted molar refractivity (Wildman–Crippen MR) is 126 cm³/mol. The number of carbonyl (C=O) groups is 2. The minimum absolute atomic E-state index is 0.0301. The molecule has 1 aliphatic heterocycles. The number of aromatic amines is 1. The standard InChI is InChI=1S/C23H18ClN9O2/c1-12(23(35)32-10-13(7-26)11-32)29-22(34)16-8-27-21-20(16)30-17(9-28-21)19-15-3-2-14(24)6-18(15)33(31-19)5-4-25/h2-3,6,8-9,12-13H,5,10-11H2,1H3,(H,27,28)(H,29,34)/t12-/m1/s1. The van der Waals surface area contributed by atoms with Crippen LogP contribution in [-0.4, -0.2) is 60.6 Å². The van der Waals surface area contributed by atoms with Crippen LogP contribution in [0.5, 0.6) is 0 Å². The van der Waals surface area contributed by atoms with Crippen LogP contribution in [0.25, 0.3) is 33.5 Å². The number of H-pyrrole nitrogens is 1. The van der Waals surface area contributed by atoms with Gasteiger partial charge >= 0.3 is 0 Å². The minimum atomic E-state index is -0.765. The van der Waals surface area contributed by atoms with E-state index in [0.717, 1.165) is 5.39 Å². The molecule has 0 unspecified atom stereocenters. The Balaban J connectivity index is 1.45. The van der Waals surface area contributed by atoms with Crippen molar-refractivity contribution >= 4 is 45.5 Å². The number of halogens is 1. The van der Waals surface area contributed by atoms with E-state index in [4.69, 9.17) is 22.1 Å². The first-order valence-electron chi connectivity index (χ1n) is 10.8. The molecule has 1 aromatic carbocycles. The maximum Gasteiger partial charge on any atom is 0.255 e. The Kier molecular flexibility index (Phi) is 5.55. The summed E-state index contributed by atoms with van der Waals surface area (Å²) in [5.41, 5.74) is 2.56. The Morgan fingerprint density at radius 2 is 2.14 bits per heavy atom. The van der Waals surface area contributed by atoms with E-state index in [-0.39, 0.29) is 23.9 Å². The van der Waals surface area contributed by atoms with Crippen molar-refractivity contribution in [2.45, 2.75) is 19.5 Å². The van der Waals surface area contributed by atoms with Gasteiger partial charge in [0.1, 0.15) is 29.5 Å². The molecule has 1 saturated heterocycles. The molecule has 11 nitrogen and oxygen atoms in total. The van der Waals surface area contributed by atoms with Crippen molar-refractivity contribution in [2.24, 2.45) is 5.92 Å². The Bertz CT molecular complexity index is 1570. The van der Waals surface area contributed by atoms with E-state index in [1.807, 2.05) is 0 Å². The second-order valence-electron chi connectivity index (χ2n) is 8.25. The number of aromatic nitrogens is 5. The molecule has 174 valence electrons. The number of amides is 2. The molecule has 1 aliphatic rings. The van der Waals surface area contributed by atoms with Gasteiger partial charge in [0.2, 0.25) is 5.91 Å². The number of benzene rings is 1. The molecule has 12 heteroatoms. The van der Waals surface area contributed by atoms with Crippen LogP contribution in [0.15, 0.2) is 30.6 Å². The molecule has 2 N–H and O–H groups in total. The van der Waals surface area contributed by atoms with E-state index in [1.165, 1.54) is 17.1 Å². The number of nitriles is 2. The Morgan fingerprint density at radius 1 is 1.34 bits per heavy atom. The summed E-state index contributed by atoms with van der Waals surface area (Å²) in [6, 6.07) is 8.67. The van der Waals surface area contributed by atoms with Crippen LogP contribution in [0, 0.1) is 28.6 Å². The molecular weight excluding hydrogens is 470 g/mol. The third-order valence-corrected chi connectivity index (χ3v) is 6.13. The van der Waals surface area contributed by atoms with Gasteiger partial charge in [0.15, 0.2) is 5.65 Å². The normalized spacial score (nSPS) is 14.3. The predicted octanol–water partition coefficient (Wildman–Crippen LogP) is 2.25. The van der Waals surface area contributed by atoms with Crippen molar-refractivity contribution in [2.75, 3.05) is 13.1 Å². The molecule has 1 atom stereocenters. The SMILES string of the molecule is C[C@@H](NC(=O)c1c[nH]c2ncc(-c3nn(CC#N)c4cc(Cl)ccc34)nc12)C(=O)N1CC(C#N)C1. The van der Waals surface area contributed by atoms with Gasteiger partial charge in [-0.05, 0) is 25.1 Å². The largest absolute Gasteiger partial charge is 0.344 e. The number of carbonyl (C=O) groups excluding carboxylic acids is 2. The zero-order valence-electron chi connectivity index (χ0n) is 18.5. The van der Waals surface area contributed by atoms with Crippen LogP contribution in [0.3, 0.4) is 0 Å². The third kappa shape index (κ3) is 3.92. The first-order chi connectivity index (χ1) is 16.9. The summed E-state index contributed by atoms with van der Waals surface area (Å²) in [5, 5.41) is 26.5. The molecule has 4 heterocycles. The molecule has 0 aliphatic carbocycles. The fourth-order valence-corrected chi connectivity index (χ4v) is 4.22. The quantitative estimate of drug-likeness (QED) is 0.437. The highest BCUT2D eigenvalue weighted by Crippen LogP contribution is 2.30. The maximum absolute atomic E-state index is 13.0. The van der Waals surface area contributed by atoms with Gasteiger partial charge in [-0.2, -0.15) is 15.6 Å². The highest BCUT2D eigenvalue weighted by Gasteiger charge is 2.33. The summed E-state index contributed by atoms with van der Waals surface area (Å²) in [5.74, 6) is -0.884. The molecule has 35 heavy (non-hydrogen) atoms. The number of hydrogen-bond acceptors (Lipinski definition) is 7. The lowest BCUT2D eigenvalue weighted by molar-refractivity contribution is -0.137. The Morgan fingerprint density at radius 3 is 2.89 bits per heavy atom. The molecule has 0 saturated carbocycles. The molecule has 0 radical (unpaired) electrons. The highest BCUT2D eigenvalue weighted by molar-refractivity contribution is 6.31. The van der Waals surface area contributed by atoms with Gasteiger partial charge in [0.25, 0.3) is 5.91 Å². The summed E-state index contributed by atoms with van der Waals surface area (Å²) < 4.78 is 1.53. The molecule has 3 aromatic heterocycles. The van der Waals surface area contributed by atoms with E-state index in [1.54, 1.807) is 30.0 Å². The Hall–Kier alpha value is -4.48. The second-order valence-corrected chi connectivity index (χ2v) is 8.68. The summed E-state index contributed by atoms with van der Waals surface area (Å²) in [6.07, 6.45) is 3.03. The number of nitrogens with zero attached hydrogens (tertiary/aromatic N) is 7. The van der Waals surface area contributed by atoms with Crippen molar-refractivity contribution in [3.05, 3.63) is 41.2 Å². The van der Waals surface area contributed by atoms with Crippen LogP contribution in [-0.2, 0) is 11.3 Å². The smallest absolute Gasteiger partial charge is 0.255 e. The Labute approximate surface area is 203 Å². The van der Waals surface area contributed by atoms with Gasteiger partial charge in [-0.15, -0.1) is 0 Å². The minimum Gasteiger partial charge on any atom is -0.344 e. The third-order valence-electron chi connectivity index (χ3n) is 5.90. The molecule has 0 spiro atoms. The van der Waals surface area contributed by atoms with Gasteiger partial charge < -0.3 is 15.2 Å². The first-order valence-corrected chi connectivity index (χ1v) is 11.1. The van der Waals surface area contributed by atoms with Gasteiger partial charge in [-0.25, -0.2) is 14.6 Å². The van der Waals surface area contributed by atoms with Crippen molar-refractivity contribution < 1.29 is 9.59 Å². The molecule has 2 amide bonds. The fourth-order valence-electron chi connectivity index (χ4n) is 4.05. The molecule has 1 fully saturated rings. The van der Waals surface area contributed by atoms with Gasteiger partial charge in [-0.1, -0.05) is 11.6 Å². The fraction of sp³-hybridized carbons (Fsp3) is 0.261. The summed E-state index contributed by atoms with van der Waals surface area (Å²) >= 11 is 6.13. The van der Waals surface area contributed by atoms with E-state index in [2.05, 4.69) is 37.5 Å². The zero-order chi connectivity index (χ0) is 24.7. The lowest BCUT2D eigenvalue weighted by Gasteiger charge is -2.37. The number of hydrogen-bond donors (Lipinski definition) is 2. The van der Waals surface area contributed by atoms with E-state index in [9.17, 15) is 9.59 Å². The van der Waals surface area contributed by atoms with Crippen molar-refractivity contribution in [1.82, 2.24) is 34.9 Å². The van der Waals surface area contributed by atoms with Gasteiger partial charge in [0, 0.05) is 29.7 Å². The average Bonchev–Trinajstić information content (AvgIpc) is 3.39. The monoisotopic (exact) mass is 487 g/mol. The zero-order valence-corrected chi connectivity index (χ0v) is 19.2. The topological polar surface area (TPSA) is 156 Å². The van der Waals surface area contributed by atoms with E-state index >= 15 is 0 Å². The lowest BCUT2D eigenvalue weighted by Crippen LogP contribution is -2.55. The van der Waals surface area contributed by atoms with Crippen LogP contribution in [0.1, 0.15) is 17.3 Å². The highest BCUT2D eigenvalue weighted by atomic mass is 35.5. The number of fused-ring (bicyclic) bond motifs is 2. The van der Waals surface area contributed by atoms with E-state index < -0.39 is 11.9 Å². The summed E-state index contributed by atoms with van der Waals surface area (Å²) in [6.45, 7) is 2.37. The van der Waals surface area contributed by atoms with Crippen molar-refractivity contribution in [3.63, 3.8) is 0 Å². The van der Waals surface area contributed by atoms with Crippen LogP contribution in [0.2, 0.25) is 5.02 Å². The van der Waals surface area contributed by atoms with Crippen LogP contribution in [0.4, 0.5) is 0 Å². The number of nitrogens with one attached hydrogen (secondary N) is 2. The molecule has 4 aromatic rings. The molecule has 5 rings (SSSR count). The van der Waals surface area contributed by atoms with Crippen LogP contribution < -0.4 is 5.32 Å². The van der Waals surface area contributed by atoms with Gasteiger partial charge in [-0.3, -0.25) is 9.59 Å². The van der Waals surface area contributed by atoms with Crippen molar-refractivity contribution in [3.8, 4) is 23.5 Å². The molecule has 0 bridgehead atoms.